The number of nitrogens with one attached hydrogen (secondary N) is 1. The molecule has 2 aromatic rings. The van der Waals surface area contributed by atoms with Gasteiger partial charge < -0.3 is 10.4 Å². The van der Waals surface area contributed by atoms with Crippen molar-refractivity contribution in [3.8, 4) is 0 Å². The van der Waals surface area contributed by atoms with Crippen LogP contribution in [0, 0.1) is 6.92 Å². The first-order chi connectivity index (χ1) is 12.1. The van der Waals surface area contributed by atoms with E-state index >= 15 is 0 Å². The largest absolute Gasteiger partial charge is 0.390 e. The highest BCUT2D eigenvalue weighted by atomic mass is 35.5. The van der Waals surface area contributed by atoms with Crippen molar-refractivity contribution in [1.82, 2.24) is 14.9 Å². The third-order valence-corrected chi connectivity index (χ3v) is 5.00. The van der Waals surface area contributed by atoms with E-state index < -0.39 is 6.10 Å². The fraction of sp³-hybridized carbons (Fsp3) is 0.474. The number of β-amino-alcohol motifs (C(OH)–C–C–N with tert-alkyl or cyclic N) is 1. The molecule has 2 N–H and O–H groups in total. The third-order valence-electron chi connectivity index (χ3n) is 4.63. The molecule has 2 heterocycles. The van der Waals surface area contributed by atoms with Gasteiger partial charge in [0.1, 0.15) is 16.8 Å². The van der Waals surface area contributed by atoms with Gasteiger partial charge in [-0.25, -0.2) is 9.97 Å². The molecular formula is C19H25ClN4O. The number of hydrogen-bond acceptors (Lipinski definition) is 5. The second-order valence-corrected chi connectivity index (χ2v) is 6.90. The number of aromatic nitrogens is 2. The molecule has 0 saturated heterocycles. The average molecular weight is 361 g/mol. The summed E-state index contributed by atoms with van der Waals surface area (Å²) < 4.78 is 0. The molecule has 0 saturated carbocycles. The summed E-state index contributed by atoms with van der Waals surface area (Å²) in [5, 5.41) is 14.1. The Hall–Kier alpha value is -1.69. The molecule has 5 nitrogen and oxygen atoms in total. The van der Waals surface area contributed by atoms with Gasteiger partial charge in [0.05, 0.1) is 6.10 Å². The average Bonchev–Trinajstić information content (AvgIpc) is 2.62. The molecule has 1 unspecified atom stereocenters. The van der Waals surface area contributed by atoms with Crippen LogP contribution < -0.4 is 5.32 Å². The van der Waals surface area contributed by atoms with E-state index in [-0.39, 0.29) is 0 Å². The first kappa shape index (κ1) is 18.1. The number of aryl methyl sites for hydroxylation is 1. The van der Waals surface area contributed by atoms with Crippen molar-refractivity contribution in [2.45, 2.75) is 39.3 Å². The molecule has 0 spiro atoms. The summed E-state index contributed by atoms with van der Waals surface area (Å²) in [5.41, 5.74) is 3.60. The maximum Gasteiger partial charge on any atom is 0.137 e. The summed E-state index contributed by atoms with van der Waals surface area (Å²) in [5.74, 6) is 1.42. The Bertz CT molecular complexity index is 737. The van der Waals surface area contributed by atoms with Gasteiger partial charge in [0.2, 0.25) is 0 Å². The normalized spacial score (nSPS) is 15.7. The van der Waals surface area contributed by atoms with Crippen LogP contribution in [0.4, 0.5) is 5.82 Å². The zero-order valence-corrected chi connectivity index (χ0v) is 15.6. The predicted molar refractivity (Wildman–Crippen MR) is 101 cm³/mol. The van der Waals surface area contributed by atoms with Gasteiger partial charge in [-0.15, -0.1) is 0 Å². The Morgan fingerprint density at radius 3 is 2.80 bits per heavy atom. The van der Waals surface area contributed by atoms with Crippen molar-refractivity contribution >= 4 is 17.4 Å². The van der Waals surface area contributed by atoms with Crippen LogP contribution in [0.5, 0.6) is 0 Å². The van der Waals surface area contributed by atoms with Crippen LogP contribution in [0.3, 0.4) is 0 Å². The molecule has 25 heavy (non-hydrogen) atoms. The van der Waals surface area contributed by atoms with E-state index in [0.717, 1.165) is 31.5 Å². The fourth-order valence-corrected chi connectivity index (χ4v) is 3.34. The molecular weight excluding hydrogens is 336 g/mol. The lowest BCUT2D eigenvalue weighted by Crippen LogP contribution is -2.39. The van der Waals surface area contributed by atoms with E-state index in [1.165, 1.54) is 11.1 Å². The van der Waals surface area contributed by atoms with Crippen LogP contribution in [0.1, 0.15) is 29.4 Å². The molecule has 0 aliphatic carbocycles. The van der Waals surface area contributed by atoms with Gasteiger partial charge in [-0.05, 0) is 24.5 Å². The van der Waals surface area contributed by atoms with Crippen molar-refractivity contribution in [3.63, 3.8) is 0 Å². The van der Waals surface area contributed by atoms with E-state index in [1.807, 2.05) is 13.8 Å². The number of hydrogen-bond donors (Lipinski definition) is 2. The lowest BCUT2D eigenvalue weighted by Gasteiger charge is -2.30. The third kappa shape index (κ3) is 4.48. The zero-order chi connectivity index (χ0) is 17.8. The summed E-state index contributed by atoms with van der Waals surface area (Å²) in [7, 11) is 0. The number of nitrogens with zero attached hydrogens (tertiary/aromatic N) is 3. The number of fused-ring (bicyclic) bond motifs is 1. The van der Waals surface area contributed by atoms with Crippen LogP contribution in [0.15, 0.2) is 24.3 Å². The van der Waals surface area contributed by atoms with Gasteiger partial charge in [-0.1, -0.05) is 42.8 Å². The Balaban J connectivity index is 1.55. The molecule has 0 fully saturated rings. The molecule has 3 rings (SSSR count). The number of rotatable bonds is 6. The van der Waals surface area contributed by atoms with Crippen molar-refractivity contribution in [2.75, 3.05) is 25.0 Å². The van der Waals surface area contributed by atoms with Crippen LogP contribution in [-0.2, 0) is 19.4 Å². The summed E-state index contributed by atoms with van der Waals surface area (Å²) in [6.07, 6.45) is 1.30. The lowest BCUT2D eigenvalue weighted by atomic mass is 10.00. The summed E-state index contributed by atoms with van der Waals surface area (Å²) in [4.78, 5) is 11.0. The van der Waals surface area contributed by atoms with Crippen LogP contribution in [0.25, 0.3) is 0 Å². The van der Waals surface area contributed by atoms with Gasteiger partial charge in [-0.3, -0.25) is 4.90 Å². The Kier molecular flexibility index (Phi) is 5.89. The summed E-state index contributed by atoms with van der Waals surface area (Å²) in [6.45, 7) is 6.83. The fourth-order valence-electron chi connectivity index (χ4n) is 3.15. The minimum Gasteiger partial charge on any atom is -0.390 e. The molecule has 0 bridgehead atoms. The SMILES string of the molecule is CCc1nc(Cl)c(C)c(NCC(O)CN2CCc3ccccc3C2)n1. The van der Waals surface area contributed by atoms with Crippen LogP contribution >= 0.6 is 11.6 Å². The number of benzene rings is 1. The smallest absolute Gasteiger partial charge is 0.137 e. The Morgan fingerprint density at radius 1 is 1.28 bits per heavy atom. The molecule has 1 atom stereocenters. The van der Waals surface area contributed by atoms with E-state index in [9.17, 15) is 5.11 Å². The topological polar surface area (TPSA) is 61.3 Å². The van der Waals surface area contributed by atoms with Crippen LogP contribution in [-0.4, -0.2) is 45.7 Å². The minimum absolute atomic E-state index is 0.440. The van der Waals surface area contributed by atoms with Gasteiger partial charge in [0, 0.05) is 38.2 Å². The predicted octanol–water partition coefficient (Wildman–Crippen LogP) is 2.83. The summed E-state index contributed by atoms with van der Waals surface area (Å²) >= 11 is 6.15. The van der Waals surface area contributed by atoms with Crippen molar-refractivity contribution in [1.29, 1.82) is 0 Å². The number of anilines is 1. The number of halogens is 1. The molecule has 6 heteroatoms. The van der Waals surface area contributed by atoms with Gasteiger partial charge in [0.25, 0.3) is 0 Å². The van der Waals surface area contributed by atoms with Gasteiger partial charge in [-0.2, -0.15) is 0 Å². The van der Waals surface area contributed by atoms with Crippen LogP contribution in [0.2, 0.25) is 5.15 Å². The second kappa shape index (κ2) is 8.13. The van der Waals surface area contributed by atoms with E-state index in [0.29, 0.717) is 29.9 Å². The maximum atomic E-state index is 10.4. The van der Waals surface area contributed by atoms with Crippen molar-refractivity contribution in [3.05, 3.63) is 51.9 Å². The molecule has 0 radical (unpaired) electrons. The molecule has 1 aliphatic rings. The number of aliphatic hydroxyl groups excluding tert-OH is 1. The Morgan fingerprint density at radius 2 is 2.04 bits per heavy atom. The number of aliphatic hydroxyl groups is 1. The lowest BCUT2D eigenvalue weighted by molar-refractivity contribution is 0.114. The summed E-state index contributed by atoms with van der Waals surface area (Å²) in [6, 6.07) is 8.53. The molecule has 1 aliphatic heterocycles. The molecule has 0 amide bonds. The Labute approximate surface area is 154 Å². The van der Waals surface area contributed by atoms with Gasteiger partial charge >= 0.3 is 0 Å². The highest BCUT2D eigenvalue weighted by Gasteiger charge is 2.18. The van der Waals surface area contributed by atoms with E-state index in [2.05, 4.69) is 44.5 Å². The van der Waals surface area contributed by atoms with Gasteiger partial charge in [0.15, 0.2) is 0 Å². The highest BCUT2D eigenvalue weighted by Crippen LogP contribution is 2.21. The maximum absolute atomic E-state index is 10.4. The minimum atomic E-state index is -0.469. The second-order valence-electron chi connectivity index (χ2n) is 6.55. The quantitative estimate of drug-likeness (QED) is 0.776. The molecule has 134 valence electrons. The van der Waals surface area contributed by atoms with Crippen molar-refractivity contribution < 1.29 is 5.11 Å². The zero-order valence-electron chi connectivity index (χ0n) is 14.8. The van der Waals surface area contributed by atoms with Crippen molar-refractivity contribution in [2.24, 2.45) is 0 Å². The molecule has 1 aromatic carbocycles. The molecule has 1 aromatic heterocycles. The highest BCUT2D eigenvalue weighted by molar-refractivity contribution is 6.30. The standard InChI is InChI=1S/C19H25ClN4O/c1-3-17-22-18(20)13(2)19(23-17)21-10-16(25)12-24-9-8-14-6-4-5-7-15(14)11-24/h4-7,16,25H,3,8-12H2,1-2H3,(H,21,22,23). The first-order valence-electron chi connectivity index (χ1n) is 8.81. The first-order valence-corrected chi connectivity index (χ1v) is 9.18. The monoisotopic (exact) mass is 360 g/mol. The van der Waals surface area contributed by atoms with E-state index in [4.69, 9.17) is 11.6 Å². The van der Waals surface area contributed by atoms with E-state index in [1.54, 1.807) is 0 Å².